The highest BCUT2D eigenvalue weighted by molar-refractivity contribution is 5.87. The lowest BCUT2D eigenvalue weighted by molar-refractivity contribution is -0.140. The lowest BCUT2D eigenvalue weighted by atomic mass is 10.1. The minimum atomic E-state index is -0.567. The summed E-state index contributed by atoms with van der Waals surface area (Å²) in [5, 5.41) is 3.00. The van der Waals surface area contributed by atoms with Gasteiger partial charge in [0, 0.05) is 19.0 Å². The first-order valence-corrected chi connectivity index (χ1v) is 11.1. The van der Waals surface area contributed by atoms with Gasteiger partial charge in [-0.3, -0.25) is 9.59 Å². The van der Waals surface area contributed by atoms with Gasteiger partial charge in [-0.05, 0) is 56.9 Å². The van der Waals surface area contributed by atoms with Gasteiger partial charge in [0.1, 0.15) is 6.04 Å². The molecule has 0 saturated carbocycles. The number of benzene rings is 2. The van der Waals surface area contributed by atoms with Gasteiger partial charge >= 0.3 is 0 Å². The summed E-state index contributed by atoms with van der Waals surface area (Å²) in [6.45, 7) is 8.19. The maximum atomic E-state index is 13.3. The number of methoxy groups -OCH3 is 2. The Morgan fingerprint density at radius 1 is 1.00 bits per heavy atom. The van der Waals surface area contributed by atoms with Crippen molar-refractivity contribution in [3.8, 4) is 11.5 Å². The number of rotatable bonds is 11. The molecule has 6 nitrogen and oxygen atoms in total. The molecule has 0 unspecified atom stereocenters. The van der Waals surface area contributed by atoms with E-state index < -0.39 is 6.04 Å². The van der Waals surface area contributed by atoms with E-state index in [2.05, 4.69) is 5.32 Å². The summed E-state index contributed by atoms with van der Waals surface area (Å²) < 4.78 is 10.7. The molecule has 0 aliphatic rings. The average Bonchev–Trinajstić information content (AvgIpc) is 2.80. The van der Waals surface area contributed by atoms with Crippen LogP contribution in [0.3, 0.4) is 0 Å². The Morgan fingerprint density at radius 3 is 2.34 bits per heavy atom. The van der Waals surface area contributed by atoms with Gasteiger partial charge in [-0.25, -0.2) is 0 Å². The molecule has 0 radical (unpaired) electrons. The van der Waals surface area contributed by atoms with E-state index in [9.17, 15) is 9.59 Å². The van der Waals surface area contributed by atoms with E-state index in [-0.39, 0.29) is 17.9 Å². The Balaban J connectivity index is 2.18. The van der Waals surface area contributed by atoms with E-state index >= 15 is 0 Å². The quantitative estimate of drug-likeness (QED) is 0.566. The molecule has 174 valence electrons. The average molecular weight is 441 g/mol. The van der Waals surface area contributed by atoms with Gasteiger partial charge in [0.15, 0.2) is 11.5 Å². The van der Waals surface area contributed by atoms with Gasteiger partial charge in [-0.1, -0.05) is 42.8 Å². The largest absolute Gasteiger partial charge is 0.493 e. The van der Waals surface area contributed by atoms with E-state index in [1.807, 2.05) is 63.2 Å². The molecule has 2 rings (SSSR count). The molecule has 0 bridgehead atoms. The zero-order valence-electron chi connectivity index (χ0n) is 20.1. The Hall–Kier alpha value is -3.02. The van der Waals surface area contributed by atoms with Crippen LogP contribution in [0.2, 0.25) is 0 Å². The first-order chi connectivity index (χ1) is 15.3. The standard InChI is InChI=1S/C26H36N2O4/c1-7-19(3)27-26(30)20(4)28(17-22-10-8-9-18(2)15-22)25(29)14-12-21-11-13-23(31-5)24(16-21)32-6/h8-11,13,15-16,19-20H,7,12,14,17H2,1-6H3,(H,27,30)/t19-,20+/m1/s1. The predicted molar refractivity (Wildman–Crippen MR) is 127 cm³/mol. The van der Waals surface area contributed by atoms with Crippen LogP contribution in [-0.4, -0.2) is 43.0 Å². The summed E-state index contributed by atoms with van der Waals surface area (Å²) in [6, 6.07) is 13.2. The highest BCUT2D eigenvalue weighted by Crippen LogP contribution is 2.28. The van der Waals surface area contributed by atoms with Crippen LogP contribution in [0.25, 0.3) is 0 Å². The second-order valence-corrected chi connectivity index (χ2v) is 8.19. The fraction of sp³-hybridized carbons (Fsp3) is 0.462. The molecule has 2 aromatic rings. The Bertz CT molecular complexity index is 912. The van der Waals surface area contributed by atoms with Crippen molar-refractivity contribution in [3.63, 3.8) is 0 Å². The van der Waals surface area contributed by atoms with Gasteiger partial charge in [-0.2, -0.15) is 0 Å². The molecule has 0 heterocycles. The van der Waals surface area contributed by atoms with Crippen molar-refractivity contribution in [2.75, 3.05) is 14.2 Å². The van der Waals surface area contributed by atoms with E-state index in [0.29, 0.717) is 30.9 Å². The van der Waals surface area contributed by atoms with Crippen LogP contribution < -0.4 is 14.8 Å². The molecule has 0 aromatic heterocycles. The third-order valence-electron chi connectivity index (χ3n) is 5.68. The molecular weight excluding hydrogens is 404 g/mol. The van der Waals surface area contributed by atoms with Gasteiger partial charge in [-0.15, -0.1) is 0 Å². The SMILES string of the molecule is CC[C@@H](C)NC(=O)[C@H](C)N(Cc1cccc(C)c1)C(=O)CCc1ccc(OC)c(OC)c1. The van der Waals surface area contributed by atoms with Gasteiger partial charge in [0.05, 0.1) is 14.2 Å². The number of ether oxygens (including phenoxy) is 2. The zero-order chi connectivity index (χ0) is 23.7. The van der Waals surface area contributed by atoms with Crippen LogP contribution in [0.1, 0.15) is 50.3 Å². The number of amides is 2. The highest BCUT2D eigenvalue weighted by atomic mass is 16.5. The number of nitrogens with one attached hydrogen (secondary N) is 1. The number of carbonyl (C=O) groups excluding carboxylic acids is 2. The minimum absolute atomic E-state index is 0.0620. The van der Waals surface area contributed by atoms with Gasteiger partial charge < -0.3 is 19.7 Å². The third-order valence-corrected chi connectivity index (χ3v) is 5.68. The second kappa shape index (κ2) is 12.1. The molecule has 0 aliphatic heterocycles. The van der Waals surface area contributed by atoms with Gasteiger partial charge in [0.25, 0.3) is 0 Å². The van der Waals surface area contributed by atoms with Crippen molar-refractivity contribution in [1.29, 1.82) is 0 Å². The summed E-state index contributed by atoms with van der Waals surface area (Å²) in [7, 11) is 3.18. The van der Waals surface area contributed by atoms with Crippen molar-refractivity contribution >= 4 is 11.8 Å². The molecule has 1 N–H and O–H groups in total. The van der Waals surface area contributed by atoms with Crippen LogP contribution >= 0.6 is 0 Å². The Morgan fingerprint density at radius 2 is 1.72 bits per heavy atom. The van der Waals surface area contributed by atoms with Crippen LogP contribution in [0.4, 0.5) is 0 Å². The molecule has 0 aliphatic carbocycles. The zero-order valence-corrected chi connectivity index (χ0v) is 20.1. The van der Waals surface area contributed by atoms with Crippen molar-refractivity contribution in [3.05, 3.63) is 59.2 Å². The van der Waals surface area contributed by atoms with Crippen LogP contribution in [-0.2, 0) is 22.6 Å². The summed E-state index contributed by atoms with van der Waals surface area (Å²) in [5.74, 6) is 1.09. The van der Waals surface area contributed by atoms with Crippen LogP contribution in [0.15, 0.2) is 42.5 Å². The topological polar surface area (TPSA) is 67.9 Å². The predicted octanol–water partition coefficient (Wildman–Crippen LogP) is 4.28. The number of carbonyl (C=O) groups is 2. The molecule has 32 heavy (non-hydrogen) atoms. The fourth-order valence-electron chi connectivity index (χ4n) is 3.49. The fourth-order valence-corrected chi connectivity index (χ4v) is 3.49. The van der Waals surface area contributed by atoms with Crippen molar-refractivity contribution in [2.45, 2.75) is 65.6 Å². The molecule has 2 aromatic carbocycles. The minimum Gasteiger partial charge on any atom is -0.493 e. The molecule has 6 heteroatoms. The van der Waals surface area contributed by atoms with Crippen LogP contribution in [0, 0.1) is 6.92 Å². The number of nitrogens with zero attached hydrogens (tertiary/aromatic N) is 1. The molecule has 0 saturated heterocycles. The Labute approximate surface area is 191 Å². The molecule has 2 atom stereocenters. The number of aryl methyl sites for hydroxylation is 2. The second-order valence-electron chi connectivity index (χ2n) is 8.19. The summed E-state index contributed by atoms with van der Waals surface area (Å²) in [4.78, 5) is 27.8. The van der Waals surface area contributed by atoms with E-state index in [1.54, 1.807) is 26.0 Å². The maximum absolute atomic E-state index is 13.3. The van der Waals surface area contributed by atoms with Crippen molar-refractivity contribution < 1.29 is 19.1 Å². The molecule has 0 spiro atoms. The first-order valence-electron chi connectivity index (χ1n) is 11.1. The smallest absolute Gasteiger partial charge is 0.242 e. The lowest BCUT2D eigenvalue weighted by Crippen LogP contribution is -2.49. The normalized spacial score (nSPS) is 12.6. The first kappa shape index (κ1) is 25.2. The third kappa shape index (κ3) is 7.01. The lowest BCUT2D eigenvalue weighted by Gasteiger charge is -2.30. The molecule has 0 fully saturated rings. The number of hydrogen-bond acceptors (Lipinski definition) is 4. The Kier molecular flexibility index (Phi) is 9.57. The maximum Gasteiger partial charge on any atom is 0.242 e. The van der Waals surface area contributed by atoms with Crippen LogP contribution in [0.5, 0.6) is 11.5 Å². The highest BCUT2D eigenvalue weighted by Gasteiger charge is 2.26. The molecular formula is C26H36N2O4. The van der Waals surface area contributed by atoms with Crippen molar-refractivity contribution in [1.82, 2.24) is 10.2 Å². The van der Waals surface area contributed by atoms with E-state index in [1.165, 1.54) is 0 Å². The number of hydrogen-bond donors (Lipinski definition) is 1. The van der Waals surface area contributed by atoms with Crippen molar-refractivity contribution in [2.24, 2.45) is 0 Å². The van der Waals surface area contributed by atoms with E-state index in [0.717, 1.165) is 23.1 Å². The monoisotopic (exact) mass is 440 g/mol. The summed E-state index contributed by atoms with van der Waals surface area (Å²) in [6.07, 6.45) is 1.68. The molecule has 2 amide bonds. The summed E-state index contributed by atoms with van der Waals surface area (Å²) in [5.41, 5.74) is 3.10. The summed E-state index contributed by atoms with van der Waals surface area (Å²) >= 11 is 0. The van der Waals surface area contributed by atoms with Gasteiger partial charge in [0.2, 0.25) is 11.8 Å². The van der Waals surface area contributed by atoms with E-state index in [4.69, 9.17) is 9.47 Å².